The summed E-state index contributed by atoms with van der Waals surface area (Å²) >= 11 is 0. The van der Waals surface area contributed by atoms with Crippen LogP contribution in [0.2, 0.25) is 0 Å². The second-order valence-electron chi connectivity index (χ2n) is 0.447. The Morgan fingerprint density at radius 1 is 0.800 bits per heavy atom. The molecule has 10 heavy (non-hydrogen) atoms. The van der Waals surface area contributed by atoms with Crippen LogP contribution in [0.4, 0.5) is 0 Å². The van der Waals surface area contributed by atoms with Gasteiger partial charge >= 0.3 is 75.5 Å². The van der Waals surface area contributed by atoms with Crippen LogP contribution in [0.15, 0.2) is 0 Å². The van der Waals surface area contributed by atoms with Crippen LogP contribution < -0.4 is 0 Å². The molecule has 0 unspecified atom stereocenters. The largest absolute Gasteiger partial charge is 2.00 e. The van der Waals surface area contributed by atoms with E-state index in [2.05, 4.69) is 0 Å². The Hall–Kier alpha value is 0.919. The Labute approximate surface area is 117 Å². The molecule has 0 atom stereocenters. The van der Waals surface area contributed by atoms with Gasteiger partial charge in [-0.1, -0.05) is 0 Å². The standard InChI is InChI=1S/2Ca.2NO3.2H/c;;2*2-1(3)4;;/q2*+2;4*-1. The van der Waals surface area contributed by atoms with E-state index in [0.717, 1.165) is 0 Å². The maximum absolute atomic E-state index is 8.25. The number of nitrogens with zero attached hydrogens (tertiary/aromatic N) is 2. The van der Waals surface area contributed by atoms with Crippen LogP contribution in [-0.4, -0.2) is 85.6 Å². The molecule has 8 nitrogen and oxygen atoms in total. The minimum Gasteiger partial charge on any atom is -1.00 e. The van der Waals surface area contributed by atoms with Gasteiger partial charge in [0.05, 0.1) is 10.2 Å². The van der Waals surface area contributed by atoms with Crippen LogP contribution in [-0.2, 0) is 0 Å². The molecule has 0 rings (SSSR count). The summed E-state index contributed by atoms with van der Waals surface area (Å²) in [5, 5.41) is 29.5. The smallest absolute Gasteiger partial charge is 1.00 e. The first-order valence-electron chi connectivity index (χ1n) is 1.10. The zero-order valence-corrected chi connectivity index (χ0v) is 9.17. The summed E-state index contributed by atoms with van der Waals surface area (Å²) in [5.41, 5.74) is 0. The molecule has 0 aromatic heterocycles. The monoisotopic (exact) mass is 206 g/mol. The predicted molar refractivity (Wildman–Crippen MR) is 34.5 cm³/mol. The summed E-state index contributed by atoms with van der Waals surface area (Å²) in [7, 11) is 0. The average molecular weight is 206 g/mol. The zero-order chi connectivity index (χ0) is 7.15. The van der Waals surface area contributed by atoms with E-state index < -0.39 is 10.2 Å². The molecule has 0 spiro atoms. The topological polar surface area (TPSA) is 132 Å². The van der Waals surface area contributed by atoms with Crippen molar-refractivity contribution in [2.75, 3.05) is 0 Å². The van der Waals surface area contributed by atoms with Gasteiger partial charge in [0, 0.05) is 0 Å². The Bertz CT molecular complexity index is 79.5. The van der Waals surface area contributed by atoms with Crippen molar-refractivity contribution in [3.8, 4) is 0 Å². The van der Waals surface area contributed by atoms with Crippen LogP contribution in [0.25, 0.3) is 0 Å². The van der Waals surface area contributed by atoms with Crippen molar-refractivity contribution in [2.45, 2.75) is 0 Å². The number of rotatable bonds is 0. The van der Waals surface area contributed by atoms with Gasteiger partial charge in [0.25, 0.3) is 0 Å². The molecule has 52 valence electrons. The van der Waals surface area contributed by atoms with E-state index in [9.17, 15) is 0 Å². The molecule has 10 heteroatoms. The zero-order valence-electron chi connectivity index (χ0n) is 6.76. The fourth-order valence-corrected chi connectivity index (χ4v) is 0. The van der Waals surface area contributed by atoms with Gasteiger partial charge in [0.1, 0.15) is 0 Å². The molecular formula is H2Ca2N2O6. The Morgan fingerprint density at radius 2 is 0.800 bits per heavy atom. The van der Waals surface area contributed by atoms with Gasteiger partial charge in [-0.25, -0.2) is 0 Å². The SMILES string of the molecule is O=[N+]([O-])[O-].O=[N+]([O-])[O-].[Ca+2].[Ca+2].[H-].[H-]. The summed E-state index contributed by atoms with van der Waals surface area (Å²) in [6, 6.07) is 0. The van der Waals surface area contributed by atoms with Crippen molar-refractivity contribution in [3.05, 3.63) is 30.6 Å². The van der Waals surface area contributed by atoms with Crippen LogP contribution in [0.1, 0.15) is 2.85 Å². The second-order valence-corrected chi connectivity index (χ2v) is 0.447. The van der Waals surface area contributed by atoms with Crippen LogP contribution in [0.5, 0.6) is 0 Å². The molecular weight excluding hydrogens is 204 g/mol. The Morgan fingerprint density at radius 3 is 0.800 bits per heavy atom. The summed E-state index contributed by atoms with van der Waals surface area (Å²) < 4.78 is 0. The quantitative estimate of drug-likeness (QED) is 0.283. The number of hydrogen-bond donors (Lipinski definition) is 0. The third-order valence-electron chi connectivity index (χ3n) is 0. The van der Waals surface area contributed by atoms with E-state index in [-0.39, 0.29) is 78.3 Å². The fraction of sp³-hybridized carbons (Fsp3) is 0. The molecule has 0 fully saturated rings. The molecule has 0 saturated carbocycles. The van der Waals surface area contributed by atoms with E-state index in [0.29, 0.717) is 0 Å². The molecule has 0 heterocycles. The second kappa shape index (κ2) is 16.5. The van der Waals surface area contributed by atoms with Crippen molar-refractivity contribution in [1.82, 2.24) is 0 Å². The molecule has 0 aromatic carbocycles. The van der Waals surface area contributed by atoms with Crippen LogP contribution >= 0.6 is 0 Å². The van der Waals surface area contributed by atoms with Gasteiger partial charge < -0.3 is 33.5 Å². The first kappa shape index (κ1) is 22.4. The Balaban J connectivity index is -0.0000000112. The first-order chi connectivity index (χ1) is 3.46. The van der Waals surface area contributed by atoms with Gasteiger partial charge in [0.2, 0.25) is 0 Å². The van der Waals surface area contributed by atoms with Gasteiger partial charge in [0.15, 0.2) is 0 Å². The molecule has 0 aliphatic carbocycles. The van der Waals surface area contributed by atoms with Gasteiger partial charge in [-0.05, 0) is 0 Å². The minimum atomic E-state index is -1.75. The summed E-state index contributed by atoms with van der Waals surface area (Å²) in [6.07, 6.45) is 0. The molecule has 0 bridgehead atoms. The molecule has 0 N–H and O–H groups in total. The van der Waals surface area contributed by atoms with E-state index in [1.54, 1.807) is 0 Å². The van der Waals surface area contributed by atoms with E-state index in [4.69, 9.17) is 30.6 Å². The minimum absolute atomic E-state index is 0. The molecule has 0 aliphatic rings. The molecule has 0 aromatic rings. The predicted octanol–water partition coefficient (Wildman–Crippen LogP) is -1.01. The summed E-state index contributed by atoms with van der Waals surface area (Å²) in [4.78, 5) is 16.5. The van der Waals surface area contributed by atoms with Crippen LogP contribution in [0.3, 0.4) is 0 Å². The normalized spacial score (nSPS) is 4.80. The summed E-state index contributed by atoms with van der Waals surface area (Å²) in [6.45, 7) is 0. The molecule has 0 aliphatic heterocycles. The van der Waals surface area contributed by atoms with E-state index >= 15 is 0 Å². The van der Waals surface area contributed by atoms with Crippen molar-refractivity contribution in [1.29, 1.82) is 0 Å². The molecule has 0 saturated heterocycles. The van der Waals surface area contributed by atoms with Crippen molar-refractivity contribution in [3.63, 3.8) is 0 Å². The van der Waals surface area contributed by atoms with Crippen molar-refractivity contribution in [2.24, 2.45) is 0 Å². The van der Waals surface area contributed by atoms with E-state index in [1.807, 2.05) is 0 Å². The summed E-state index contributed by atoms with van der Waals surface area (Å²) in [5.74, 6) is 0. The average Bonchev–Trinajstić information content (AvgIpc) is 1.25. The van der Waals surface area contributed by atoms with Gasteiger partial charge in [-0.3, -0.25) is 0 Å². The molecule has 0 radical (unpaired) electrons. The van der Waals surface area contributed by atoms with Gasteiger partial charge in [-0.15, -0.1) is 0 Å². The third kappa shape index (κ3) is 662. The van der Waals surface area contributed by atoms with Gasteiger partial charge in [-0.2, -0.15) is 0 Å². The third-order valence-corrected chi connectivity index (χ3v) is 0. The van der Waals surface area contributed by atoms with Crippen molar-refractivity contribution >= 4 is 75.5 Å². The fourth-order valence-electron chi connectivity index (χ4n) is 0. The maximum Gasteiger partial charge on any atom is 2.00 e. The Kier molecular flexibility index (Phi) is 37.0. The number of hydrogen-bond acceptors (Lipinski definition) is 6. The van der Waals surface area contributed by atoms with Crippen LogP contribution in [0, 0.1) is 30.6 Å². The maximum atomic E-state index is 8.25. The molecule has 0 amide bonds. The van der Waals surface area contributed by atoms with E-state index in [1.165, 1.54) is 0 Å². The first-order valence-corrected chi connectivity index (χ1v) is 1.10. The van der Waals surface area contributed by atoms with Crippen molar-refractivity contribution < 1.29 is 13.0 Å².